The Morgan fingerprint density at radius 3 is 2.55 bits per heavy atom. The van der Waals surface area contributed by atoms with Gasteiger partial charge in [0.15, 0.2) is 0 Å². The van der Waals surface area contributed by atoms with Crippen LogP contribution in [0.25, 0.3) is 0 Å². The van der Waals surface area contributed by atoms with E-state index in [1.165, 1.54) is 14.0 Å². The van der Waals surface area contributed by atoms with E-state index in [0.29, 0.717) is 12.7 Å². The van der Waals surface area contributed by atoms with Crippen molar-refractivity contribution in [2.45, 2.75) is 26.1 Å². The second-order valence-corrected chi connectivity index (χ2v) is 2.36. The number of ketones is 2. The van der Waals surface area contributed by atoms with Gasteiger partial charge in [-0.2, -0.15) is 0 Å². The van der Waals surface area contributed by atoms with Gasteiger partial charge in [0.05, 0.1) is 6.42 Å². The molecule has 0 saturated carbocycles. The van der Waals surface area contributed by atoms with Crippen molar-refractivity contribution in [3.8, 4) is 0 Å². The summed E-state index contributed by atoms with van der Waals surface area (Å²) in [5.74, 6) is -0.0989. The van der Waals surface area contributed by atoms with Crippen molar-refractivity contribution in [2.24, 2.45) is 0 Å². The molecule has 0 atom stereocenters. The molecular formula is C7H12BO3. The summed E-state index contributed by atoms with van der Waals surface area (Å²) in [6.07, 6.45) is 1.04. The fourth-order valence-electron chi connectivity index (χ4n) is 0.704. The Kier molecular flexibility index (Phi) is 5.75. The maximum atomic E-state index is 10.8. The van der Waals surface area contributed by atoms with Gasteiger partial charge in [-0.15, -0.1) is 0 Å². The predicted molar refractivity (Wildman–Crippen MR) is 42.5 cm³/mol. The van der Waals surface area contributed by atoms with Crippen LogP contribution in [0.3, 0.4) is 0 Å². The molecule has 0 bridgehead atoms. The molecule has 11 heavy (non-hydrogen) atoms. The van der Waals surface area contributed by atoms with Gasteiger partial charge < -0.3 is 4.65 Å². The highest BCUT2D eigenvalue weighted by atomic mass is 16.4. The zero-order valence-electron chi connectivity index (χ0n) is 6.92. The summed E-state index contributed by atoms with van der Waals surface area (Å²) in [4.78, 5) is 21.3. The number of hydrogen-bond donors (Lipinski definition) is 0. The summed E-state index contributed by atoms with van der Waals surface area (Å²) in [6, 6.07) is 0. The first kappa shape index (κ1) is 10.4. The van der Waals surface area contributed by atoms with E-state index in [2.05, 4.69) is 4.65 Å². The molecule has 0 amide bonds. The van der Waals surface area contributed by atoms with E-state index in [9.17, 15) is 9.59 Å². The number of carbonyl (C=O) groups is 2. The first-order valence-electron chi connectivity index (χ1n) is 3.52. The van der Waals surface area contributed by atoms with E-state index in [1.54, 1.807) is 7.48 Å². The highest BCUT2D eigenvalue weighted by Gasteiger charge is 2.04. The van der Waals surface area contributed by atoms with Gasteiger partial charge in [0.25, 0.3) is 7.48 Å². The number of carbonyl (C=O) groups excluding carboxylic acids is 2. The van der Waals surface area contributed by atoms with Crippen LogP contribution in [0.1, 0.15) is 19.8 Å². The van der Waals surface area contributed by atoms with Crippen LogP contribution >= 0.6 is 0 Å². The van der Waals surface area contributed by atoms with Crippen LogP contribution in [0.15, 0.2) is 0 Å². The molecule has 0 spiro atoms. The van der Waals surface area contributed by atoms with Crippen LogP contribution in [0, 0.1) is 0 Å². The lowest BCUT2D eigenvalue weighted by molar-refractivity contribution is -0.125. The Morgan fingerprint density at radius 2 is 2.09 bits per heavy atom. The fourth-order valence-corrected chi connectivity index (χ4v) is 0.704. The molecule has 1 radical (unpaired) electrons. The minimum absolute atomic E-state index is 0.0224. The third kappa shape index (κ3) is 7.26. The van der Waals surface area contributed by atoms with Gasteiger partial charge >= 0.3 is 0 Å². The quantitative estimate of drug-likeness (QED) is 0.320. The molecule has 0 saturated heterocycles. The Bertz CT molecular complexity index is 145. The minimum Gasteiger partial charge on any atom is -0.443 e. The Morgan fingerprint density at radius 1 is 1.45 bits per heavy atom. The molecule has 0 fully saturated rings. The van der Waals surface area contributed by atoms with Crippen molar-refractivity contribution < 1.29 is 14.2 Å². The summed E-state index contributed by atoms with van der Waals surface area (Å²) < 4.78 is 4.64. The smallest absolute Gasteiger partial charge is 0.292 e. The molecular weight excluding hydrogens is 143 g/mol. The molecule has 0 aromatic rings. The molecule has 61 valence electrons. The van der Waals surface area contributed by atoms with Crippen LogP contribution in [0.4, 0.5) is 0 Å². The zero-order chi connectivity index (χ0) is 8.69. The van der Waals surface area contributed by atoms with Crippen molar-refractivity contribution in [2.75, 3.05) is 7.11 Å². The van der Waals surface area contributed by atoms with Crippen molar-refractivity contribution in [3.05, 3.63) is 0 Å². The summed E-state index contributed by atoms with van der Waals surface area (Å²) in [7, 11) is 3.09. The molecule has 0 aliphatic heterocycles. The van der Waals surface area contributed by atoms with Crippen molar-refractivity contribution in [1.82, 2.24) is 0 Å². The van der Waals surface area contributed by atoms with Crippen molar-refractivity contribution >= 4 is 19.0 Å². The van der Waals surface area contributed by atoms with Gasteiger partial charge in [0.1, 0.15) is 11.6 Å². The standard InChI is InChI=1S/C7H12BO3/c1-6(9)5-7(10)3-4-8-11-2/h3-5H2,1-2H3. The van der Waals surface area contributed by atoms with Gasteiger partial charge in [-0.05, 0) is 13.2 Å². The van der Waals surface area contributed by atoms with Crippen molar-refractivity contribution in [1.29, 1.82) is 0 Å². The average Bonchev–Trinajstić information content (AvgIpc) is 1.86. The topological polar surface area (TPSA) is 43.4 Å². The molecule has 0 aliphatic rings. The molecule has 0 heterocycles. The third-order valence-corrected chi connectivity index (χ3v) is 1.15. The lowest BCUT2D eigenvalue weighted by atomic mass is 9.91. The van der Waals surface area contributed by atoms with Gasteiger partial charge in [-0.25, -0.2) is 0 Å². The average molecular weight is 155 g/mol. The van der Waals surface area contributed by atoms with Gasteiger partial charge in [0, 0.05) is 13.5 Å². The molecule has 0 aliphatic carbocycles. The van der Waals surface area contributed by atoms with Crippen LogP contribution in [-0.2, 0) is 14.2 Å². The second kappa shape index (κ2) is 6.10. The Labute approximate surface area is 67.4 Å². The van der Waals surface area contributed by atoms with Crippen LogP contribution in [0.2, 0.25) is 6.32 Å². The Hall–Kier alpha value is -0.635. The normalized spacial score (nSPS) is 9.27. The molecule has 0 rings (SSSR count). The Balaban J connectivity index is 3.30. The predicted octanol–water partition coefficient (Wildman–Crippen LogP) is 0.609. The third-order valence-electron chi connectivity index (χ3n) is 1.15. The largest absolute Gasteiger partial charge is 0.443 e. The molecule has 0 aromatic carbocycles. The van der Waals surface area contributed by atoms with Gasteiger partial charge in [-0.3, -0.25) is 9.59 Å². The van der Waals surface area contributed by atoms with E-state index in [0.717, 1.165) is 0 Å². The highest BCUT2D eigenvalue weighted by molar-refractivity contribution is 6.27. The van der Waals surface area contributed by atoms with E-state index in [4.69, 9.17) is 0 Å². The fraction of sp³-hybridized carbons (Fsp3) is 0.714. The summed E-state index contributed by atoms with van der Waals surface area (Å²) >= 11 is 0. The van der Waals surface area contributed by atoms with Crippen molar-refractivity contribution in [3.63, 3.8) is 0 Å². The monoisotopic (exact) mass is 155 g/mol. The molecule has 4 heteroatoms. The van der Waals surface area contributed by atoms with Crippen LogP contribution in [0.5, 0.6) is 0 Å². The highest BCUT2D eigenvalue weighted by Crippen LogP contribution is 1.95. The van der Waals surface area contributed by atoms with Crippen LogP contribution < -0.4 is 0 Å². The first-order valence-corrected chi connectivity index (χ1v) is 3.52. The van der Waals surface area contributed by atoms with Gasteiger partial charge in [0.2, 0.25) is 0 Å². The lowest BCUT2D eigenvalue weighted by Gasteiger charge is -1.95. The molecule has 0 unspecified atom stereocenters. The number of rotatable bonds is 6. The second-order valence-electron chi connectivity index (χ2n) is 2.36. The zero-order valence-corrected chi connectivity index (χ0v) is 6.92. The number of Topliss-reactive ketones (excluding diaryl/α,β-unsaturated/α-hetero) is 2. The molecule has 0 aromatic heterocycles. The van der Waals surface area contributed by atoms with E-state index in [1.807, 2.05) is 0 Å². The molecule has 0 N–H and O–H groups in total. The lowest BCUT2D eigenvalue weighted by Crippen LogP contribution is -2.05. The molecule has 3 nitrogen and oxygen atoms in total. The SMILES string of the molecule is CO[B]CCC(=O)CC(C)=O. The van der Waals surface area contributed by atoms with Gasteiger partial charge in [-0.1, -0.05) is 0 Å². The summed E-state index contributed by atoms with van der Waals surface area (Å²) in [5, 5.41) is 0. The number of hydrogen-bond acceptors (Lipinski definition) is 3. The van der Waals surface area contributed by atoms with Crippen LogP contribution in [-0.4, -0.2) is 26.2 Å². The summed E-state index contributed by atoms with van der Waals surface area (Å²) in [5.41, 5.74) is 0. The van der Waals surface area contributed by atoms with E-state index >= 15 is 0 Å². The van der Waals surface area contributed by atoms with E-state index in [-0.39, 0.29) is 18.0 Å². The minimum atomic E-state index is -0.0765. The first-order chi connectivity index (χ1) is 5.16. The van der Waals surface area contributed by atoms with E-state index < -0.39 is 0 Å². The maximum Gasteiger partial charge on any atom is 0.292 e. The summed E-state index contributed by atoms with van der Waals surface area (Å²) in [6.45, 7) is 1.41. The maximum absolute atomic E-state index is 10.8.